The maximum atomic E-state index is 4.41. The molecule has 3 nitrogen and oxygen atoms in total. The van der Waals surface area contributed by atoms with E-state index in [1.165, 1.54) is 10.8 Å². The van der Waals surface area contributed by atoms with E-state index in [-0.39, 0.29) is 0 Å². The van der Waals surface area contributed by atoms with Crippen molar-refractivity contribution >= 4 is 22.2 Å². The average molecular weight is 261 g/mol. The van der Waals surface area contributed by atoms with Crippen molar-refractivity contribution in [3.63, 3.8) is 0 Å². The smallest absolute Gasteiger partial charge is 0.0648 e. The largest absolute Gasteiger partial charge is 0.278 e. The minimum Gasteiger partial charge on any atom is -0.278 e. The summed E-state index contributed by atoms with van der Waals surface area (Å²) >= 11 is 0. The van der Waals surface area contributed by atoms with E-state index in [9.17, 15) is 0 Å². The summed E-state index contributed by atoms with van der Waals surface area (Å²) in [5, 5.41) is 6.88. The van der Waals surface area contributed by atoms with E-state index in [0.29, 0.717) is 0 Å². The van der Waals surface area contributed by atoms with Gasteiger partial charge in [-0.05, 0) is 41.5 Å². The summed E-state index contributed by atoms with van der Waals surface area (Å²) < 4.78 is 0. The number of hydrogen-bond acceptors (Lipinski definition) is 3. The van der Waals surface area contributed by atoms with Crippen molar-refractivity contribution in [3.05, 3.63) is 72.6 Å². The molecule has 20 heavy (non-hydrogen) atoms. The minimum atomic E-state index is 0.931. The molecule has 0 aliphatic carbocycles. The van der Waals surface area contributed by atoms with Crippen LogP contribution in [0.15, 0.2) is 72.1 Å². The summed E-state index contributed by atoms with van der Waals surface area (Å²) in [7, 11) is 0. The Labute approximate surface area is 118 Å². The van der Waals surface area contributed by atoms with Crippen LogP contribution in [-0.2, 0) is 0 Å². The second-order valence-corrected chi connectivity index (χ2v) is 4.61. The summed E-state index contributed by atoms with van der Waals surface area (Å²) in [6, 6.07) is 18.5. The van der Waals surface area contributed by atoms with E-state index in [1.54, 1.807) is 12.4 Å². The van der Waals surface area contributed by atoms with Crippen molar-refractivity contribution in [1.82, 2.24) is 4.98 Å². The number of hydrogen-bond donors (Lipinski definition) is 1. The molecule has 3 heteroatoms. The fourth-order valence-corrected chi connectivity index (χ4v) is 2.05. The van der Waals surface area contributed by atoms with Gasteiger partial charge in [0.1, 0.15) is 0 Å². The highest BCUT2D eigenvalue weighted by Crippen LogP contribution is 2.16. The molecular formula is C17H15N3. The number of nitrogens with one attached hydrogen (secondary N) is 1. The van der Waals surface area contributed by atoms with Crippen molar-refractivity contribution in [1.29, 1.82) is 0 Å². The third-order valence-electron chi connectivity index (χ3n) is 3.20. The Morgan fingerprint density at radius 3 is 2.50 bits per heavy atom. The molecule has 0 bridgehead atoms. The molecule has 3 rings (SSSR count). The van der Waals surface area contributed by atoms with E-state index in [0.717, 1.165) is 17.0 Å². The molecule has 3 aromatic rings. The lowest BCUT2D eigenvalue weighted by Crippen LogP contribution is -1.99. The van der Waals surface area contributed by atoms with Crippen LogP contribution >= 0.6 is 0 Å². The number of fused-ring (bicyclic) bond motifs is 1. The first kappa shape index (κ1) is 12.4. The van der Waals surface area contributed by atoms with E-state index in [4.69, 9.17) is 0 Å². The zero-order valence-electron chi connectivity index (χ0n) is 11.2. The van der Waals surface area contributed by atoms with Gasteiger partial charge in [-0.1, -0.05) is 36.4 Å². The molecule has 1 aromatic heterocycles. The van der Waals surface area contributed by atoms with Crippen LogP contribution in [-0.4, -0.2) is 10.7 Å². The standard InChI is InChI=1S/C17H15N3/c1-13(19-20-17-8-10-18-11-9-17)15-7-6-14-4-2-3-5-16(14)12-15/h2-12H,1H3,(H,18,20). The van der Waals surface area contributed by atoms with Gasteiger partial charge in [0.05, 0.1) is 11.4 Å². The van der Waals surface area contributed by atoms with Crippen LogP contribution in [0.25, 0.3) is 10.8 Å². The van der Waals surface area contributed by atoms with E-state index < -0.39 is 0 Å². The normalized spacial score (nSPS) is 11.6. The van der Waals surface area contributed by atoms with Crippen molar-refractivity contribution in [2.45, 2.75) is 6.92 Å². The van der Waals surface area contributed by atoms with E-state index in [1.807, 2.05) is 31.2 Å². The van der Waals surface area contributed by atoms with Crippen LogP contribution in [0.5, 0.6) is 0 Å². The lowest BCUT2D eigenvalue weighted by Gasteiger charge is -2.05. The van der Waals surface area contributed by atoms with Gasteiger partial charge in [-0.25, -0.2) is 0 Å². The van der Waals surface area contributed by atoms with Crippen LogP contribution in [0.4, 0.5) is 5.69 Å². The first-order chi connectivity index (χ1) is 9.83. The predicted molar refractivity (Wildman–Crippen MR) is 84.0 cm³/mol. The van der Waals surface area contributed by atoms with E-state index in [2.05, 4.69) is 45.8 Å². The fraction of sp³-hybridized carbons (Fsp3) is 0.0588. The van der Waals surface area contributed by atoms with Crippen molar-refractivity contribution in [2.75, 3.05) is 5.43 Å². The second kappa shape index (κ2) is 5.53. The zero-order valence-corrected chi connectivity index (χ0v) is 11.2. The Morgan fingerprint density at radius 2 is 1.70 bits per heavy atom. The maximum Gasteiger partial charge on any atom is 0.0648 e. The van der Waals surface area contributed by atoms with Gasteiger partial charge < -0.3 is 0 Å². The SMILES string of the molecule is CC(=NNc1ccncc1)c1ccc2ccccc2c1. The van der Waals surface area contributed by atoms with Crippen LogP contribution in [0, 0.1) is 0 Å². The molecular weight excluding hydrogens is 246 g/mol. The number of pyridine rings is 1. The predicted octanol–water partition coefficient (Wildman–Crippen LogP) is 4.07. The molecule has 0 unspecified atom stereocenters. The topological polar surface area (TPSA) is 37.3 Å². The highest BCUT2D eigenvalue weighted by Gasteiger charge is 1.99. The third-order valence-corrected chi connectivity index (χ3v) is 3.20. The quantitative estimate of drug-likeness (QED) is 0.570. The molecule has 0 aliphatic heterocycles. The molecule has 0 spiro atoms. The highest BCUT2D eigenvalue weighted by atomic mass is 15.3. The monoisotopic (exact) mass is 261 g/mol. The number of nitrogens with zero attached hydrogens (tertiary/aromatic N) is 2. The Bertz CT molecular complexity index is 748. The molecule has 0 atom stereocenters. The van der Waals surface area contributed by atoms with Crippen LogP contribution in [0.1, 0.15) is 12.5 Å². The molecule has 0 saturated carbocycles. The molecule has 0 amide bonds. The van der Waals surface area contributed by atoms with Crippen molar-refractivity contribution in [2.24, 2.45) is 5.10 Å². The van der Waals surface area contributed by atoms with Gasteiger partial charge >= 0.3 is 0 Å². The van der Waals surface area contributed by atoms with Crippen molar-refractivity contribution < 1.29 is 0 Å². The van der Waals surface area contributed by atoms with Crippen LogP contribution in [0.3, 0.4) is 0 Å². The van der Waals surface area contributed by atoms with Gasteiger partial charge in [-0.15, -0.1) is 0 Å². The van der Waals surface area contributed by atoms with Crippen LogP contribution in [0.2, 0.25) is 0 Å². The summed E-state index contributed by atoms with van der Waals surface area (Å²) in [6.07, 6.45) is 3.48. The highest BCUT2D eigenvalue weighted by molar-refractivity contribution is 6.02. The average Bonchev–Trinajstić information content (AvgIpc) is 2.53. The molecule has 0 radical (unpaired) electrons. The Balaban J connectivity index is 1.86. The van der Waals surface area contributed by atoms with Gasteiger partial charge in [0.2, 0.25) is 0 Å². The van der Waals surface area contributed by atoms with Crippen molar-refractivity contribution in [3.8, 4) is 0 Å². The number of aromatic nitrogens is 1. The first-order valence-electron chi connectivity index (χ1n) is 6.52. The Kier molecular flexibility index (Phi) is 3.42. The number of anilines is 1. The summed E-state index contributed by atoms with van der Waals surface area (Å²) in [5.74, 6) is 0. The lowest BCUT2D eigenvalue weighted by molar-refractivity contribution is 1.27. The molecule has 0 saturated heterocycles. The van der Waals surface area contributed by atoms with E-state index >= 15 is 0 Å². The third kappa shape index (κ3) is 2.67. The maximum absolute atomic E-state index is 4.41. The number of rotatable bonds is 3. The molecule has 98 valence electrons. The number of benzene rings is 2. The Hall–Kier alpha value is -2.68. The van der Waals surface area contributed by atoms with Gasteiger partial charge in [-0.2, -0.15) is 5.10 Å². The molecule has 1 heterocycles. The summed E-state index contributed by atoms with van der Waals surface area (Å²) in [6.45, 7) is 2.00. The molecule has 0 fully saturated rings. The minimum absolute atomic E-state index is 0.931. The van der Waals surface area contributed by atoms with Crippen LogP contribution < -0.4 is 5.43 Å². The first-order valence-corrected chi connectivity index (χ1v) is 6.52. The summed E-state index contributed by atoms with van der Waals surface area (Å²) in [4.78, 5) is 3.98. The molecule has 0 aliphatic rings. The zero-order chi connectivity index (χ0) is 13.8. The fourth-order valence-electron chi connectivity index (χ4n) is 2.05. The van der Waals surface area contributed by atoms with Gasteiger partial charge in [0, 0.05) is 12.4 Å². The number of hydrazone groups is 1. The second-order valence-electron chi connectivity index (χ2n) is 4.61. The van der Waals surface area contributed by atoms with Gasteiger partial charge in [-0.3, -0.25) is 10.4 Å². The molecule has 2 aromatic carbocycles. The van der Waals surface area contributed by atoms with Gasteiger partial charge in [0.15, 0.2) is 0 Å². The molecule has 1 N–H and O–H groups in total. The summed E-state index contributed by atoms with van der Waals surface area (Å²) in [5.41, 5.74) is 6.04. The lowest BCUT2D eigenvalue weighted by atomic mass is 10.0. The Morgan fingerprint density at radius 1 is 0.950 bits per heavy atom. The van der Waals surface area contributed by atoms with Gasteiger partial charge in [0.25, 0.3) is 0 Å².